The normalized spacial score (nSPS) is 11.9. The second-order valence-corrected chi connectivity index (χ2v) is 6.32. The van der Waals surface area contributed by atoms with Crippen molar-refractivity contribution in [1.29, 1.82) is 0 Å². The molecule has 0 radical (unpaired) electrons. The van der Waals surface area contributed by atoms with E-state index in [0.29, 0.717) is 6.54 Å². The molecule has 6 nitrogen and oxygen atoms in total. The first-order chi connectivity index (χ1) is 11.3. The summed E-state index contributed by atoms with van der Waals surface area (Å²) >= 11 is 0. The Kier molecular flexibility index (Phi) is 5.49. The molecule has 24 heavy (non-hydrogen) atoms. The van der Waals surface area contributed by atoms with E-state index in [-0.39, 0.29) is 12.1 Å². The average Bonchev–Trinajstić information content (AvgIpc) is 2.78. The van der Waals surface area contributed by atoms with Crippen LogP contribution in [0.15, 0.2) is 24.3 Å². The fourth-order valence-corrected chi connectivity index (χ4v) is 2.86. The number of aryl methyl sites for hydroxylation is 2. The van der Waals surface area contributed by atoms with E-state index in [1.807, 2.05) is 69.7 Å². The summed E-state index contributed by atoms with van der Waals surface area (Å²) in [6.07, 6.45) is 0. The second-order valence-electron chi connectivity index (χ2n) is 6.32. The molecule has 0 saturated heterocycles. The van der Waals surface area contributed by atoms with Crippen LogP contribution in [0.4, 0.5) is 10.5 Å². The first kappa shape index (κ1) is 17.8. The summed E-state index contributed by atoms with van der Waals surface area (Å²) in [5, 5.41) is 10.3. The van der Waals surface area contributed by atoms with Gasteiger partial charge >= 0.3 is 6.03 Å². The number of rotatable bonds is 5. The minimum atomic E-state index is -0.180. The molecule has 2 rings (SSSR count). The molecule has 1 atom stereocenters. The summed E-state index contributed by atoms with van der Waals surface area (Å²) in [5.74, 6) is 0. The molecule has 1 heterocycles. The Morgan fingerprint density at radius 2 is 2.04 bits per heavy atom. The van der Waals surface area contributed by atoms with Gasteiger partial charge in [-0.05, 0) is 38.5 Å². The van der Waals surface area contributed by atoms with Gasteiger partial charge in [0.15, 0.2) is 0 Å². The summed E-state index contributed by atoms with van der Waals surface area (Å²) < 4.78 is 1.84. The Morgan fingerprint density at radius 1 is 1.33 bits per heavy atom. The zero-order chi connectivity index (χ0) is 17.9. The van der Waals surface area contributed by atoms with Gasteiger partial charge in [-0.2, -0.15) is 5.10 Å². The Bertz CT molecular complexity index is 720. The van der Waals surface area contributed by atoms with Gasteiger partial charge in [0.05, 0.1) is 11.7 Å². The van der Waals surface area contributed by atoms with Gasteiger partial charge in [0.2, 0.25) is 0 Å². The van der Waals surface area contributed by atoms with Crippen molar-refractivity contribution in [3.05, 3.63) is 46.8 Å². The number of nitrogens with zero attached hydrogens (tertiary/aromatic N) is 3. The summed E-state index contributed by atoms with van der Waals surface area (Å²) in [5.41, 5.74) is 5.27. The Balaban J connectivity index is 1.95. The lowest BCUT2D eigenvalue weighted by molar-refractivity contribution is 0.237. The van der Waals surface area contributed by atoms with Gasteiger partial charge in [-0.1, -0.05) is 12.1 Å². The number of hydrogen-bond donors (Lipinski definition) is 2. The molecule has 2 N–H and O–H groups in total. The van der Waals surface area contributed by atoms with Crippen LogP contribution in [0.3, 0.4) is 0 Å². The van der Waals surface area contributed by atoms with Crippen LogP contribution in [0.25, 0.3) is 0 Å². The number of benzene rings is 1. The van der Waals surface area contributed by atoms with Gasteiger partial charge < -0.3 is 15.5 Å². The number of nitrogens with one attached hydrogen (secondary N) is 2. The van der Waals surface area contributed by atoms with E-state index in [1.54, 1.807) is 0 Å². The van der Waals surface area contributed by atoms with Crippen molar-refractivity contribution in [2.24, 2.45) is 7.05 Å². The number of urea groups is 1. The van der Waals surface area contributed by atoms with Crippen molar-refractivity contribution in [3.63, 3.8) is 0 Å². The largest absolute Gasteiger partial charge is 0.378 e. The van der Waals surface area contributed by atoms with Crippen molar-refractivity contribution in [3.8, 4) is 0 Å². The van der Waals surface area contributed by atoms with Gasteiger partial charge in [0, 0.05) is 44.6 Å². The maximum Gasteiger partial charge on any atom is 0.315 e. The minimum absolute atomic E-state index is 0.0909. The van der Waals surface area contributed by atoms with Crippen LogP contribution in [0.5, 0.6) is 0 Å². The zero-order valence-corrected chi connectivity index (χ0v) is 15.3. The van der Waals surface area contributed by atoms with E-state index in [4.69, 9.17) is 0 Å². The van der Waals surface area contributed by atoms with Gasteiger partial charge in [-0.25, -0.2) is 4.79 Å². The highest BCUT2D eigenvalue weighted by Crippen LogP contribution is 2.20. The summed E-state index contributed by atoms with van der Waals surface area (Å²) in [7, 11) is 5.91. The van der Waals surface area contributed by atoms with Crippen LogP contribution in [0.2, 0.25) is 0 Å². The van der Waals surface area contributed by atoms with Crippen molar-refractivity contribution >= 4 is 11.7 Å². The third-order valence-electron chi connectivity index (χ3n) is 4.23. The predicted molar refractivity (Wildman–Crippen MR) is 97.2 cm³/mol. The van der Waals surface area contributed by atoms with E-state index in [1.165, 1.54) is 0 Å². The lowest BCUT2D eigenvalue weighted by Crippen LogP contribution is -2.37. The fraction of sp³-hybridized carbons (Fsp3) is 0.444. The van der Waals surface area contributed by atoms with Crippen LogP contribution in [-0.4, -0.2) is 29.9 Å². The maximum atomic E-state index is 12.2. The monoisotopic (exact) mass is 329 g/mol. The number of anilines is 1. The molecule has 0 unspecified atom stereocenters. The molecular weight excluding hydrogens is 302 g/mol. The van der Waals surface area contributed by atoms with Crippen molar-refractivity contribution in [2.75, 3.05) is 19.0 Å². The van der Waals surface area contributed by atoms with E-state index >= 15 is 0 Å². The highest BCUT2D eigenvalue weighted by molar-refractivity contribution is 5.74. The highest BCUT2D eigenvalue weighted by Gasteiger charge is 2.17. The lowest BCUT2D eigenvalue weighted by atomic mass is 10.1. The SMILES string of the molecule is Cc1nn(C)c(C)c1[C@@H](C)NC(=O)NCc1cccc(N(C)C)c1. The number of hydrogen-bond acceptors (Lipinski definition) is 3. The first-order valence-electron chi connectivity index (χ1n) is 8.10. The molecule has 1 aromatic heterocycles. The summed E-state index contributed by atoms with van der Waals surface area (Å²) in [4.78, 5) is 14.2. The van der Waals surface area contributed by atoms with Crippen LogP contribution in [-0.2, 0) is 13.6 Å². The molecule has 6 heteroatoms. The first-order valence-corrected chi connectivity index (χ1v) is 8.10. The number of carbonyl (C=O) groups is 1. The van der Waals surface area contributed by atoms with Crippen molar-refractivity contribution < 1.29 is 4.79 Å². The third-order valence-corrected chi connectivity index (χ3v) is 4.23. The molecule has 130 valence electrons. The smallest absolute Gasteiger partial charge is 0.315 e. The van der Waals surface area contributed by atoms with Gasteiger partial charge in [0.1, 0.15) is 0 Å². The fourth-order valence-electron chi connectivity index (χ4n) is 2.86. The number of amides is 2. The molecule has 0 aliphatic rings. The molecular formula is C18H27N5O. The molecule has 0 spiro atoms. The molecule has 0 saturated carbocycles. The molecule has 0 fully saturated rings. The van der Waals surface area contributed by atoms with Crippen LogP contribution < -0.4 is 15.5 Å². The van der Waals surface area contributed by atoms with E-state index in [2.05, 4.69) is 21.8 Å². The lowest BCUT2D eigenvalue weighted by Gasteiger charge is -2.16. The minimum Gasteiger partial charge on any atom is -0.378 e. The quantitative estimate of drug-likeness (QED) is 0.886. The average molecular weight is 329 g/mol. The Morgan fingerprint density at radius 3 is 2.62 bits per heavy atom. The summed E-state index contributed by atoms with van der Waals surface area (Å²) in [6, 6.07) is 7.84. The topological polar surface area (TPSA) is 62.2 Å². The molecule has 2 aromatic rings. The van der Waals surface area contributed by atoms with Gasteiger partial charge in [0.25, 0.3) is 0 Å². The maximum absolute atomic E-state index is 12.2. The second kappa shape index (κ2) is 7.38. The molecule has 2 amide bonds. The van der Waals surface area contributed by atoms with Gasteiger partial charge in [-0.15, -0.1) is 0 Å². The van der Waals surface area contributed by atoms with Gasteiger partial charge in [-0.3, -0.25) is 4.68 Å². The standard InChI is InChI=1S/C18H27N5O/c1-12(17-13(2)21-23(6)14(17)3)20-18(24)19-11-15-8-7-9-16(10-15)22(4)5/h7-10,12H,11H2,1-6H3,(H2,19,20,24)/t12-/m1/s1. The van der Waals surface area contributed by atoms with Crippen molar-refractivity contribution in [2.45, 2.75) is 33.4 Å². The molecule has 0 bridgehead atoms. The van der Waals surface area contributed by atoms with Crippen LogP contribution in [0, 0.1) is 13.8 Å². The van der Waals surface area contributed by atoms with E-state index in [0.717, 1.165) is 28.2 Å². The molecule has 0 aliphatic carbocycles. The van der Waals surface area contributed by atoms with E-state index in [9.17, 15) is 4.79 Å². The number of aromatic nitrogens is 2. The van der Waals surface area contributed by atoms with E-state index < -0.39 is 0 Å². The predicted octanol–water partition coefficient (Wildman–Crippen LogP) is 2.66. The third kappa shape index (κ3) is 4.07. The van der Waals surface area contributed by atoms with Crippen LogP contribution >= 0.6 is 0 Å². The van der Waals surface area contributed by atoms with Crippen LogP contribution in [0.1, 0.15) is 35.5 Å². The zero-order valence-electron chi connectivity index (χ0n) is 15.3. The van der Waals surface area contributed by atoms with Crippen molar-refractivity contribution in [1.82, 2.24) is 20.4 Å². The molecule has 0 aliphatic heterocycles. The Hall–Kier alpha value is -2.50. The number of carbonyl (C=O) groups excluding carboxylic acids is 1. The summed E-state index contributed by atoms with van der Waals surface area (Å²) in [6.45, 7) is 6.44. The molecule has 1 aromatic carbocycles. The highest BCUT2D eigenvalue weighted by atomic mass is 16.2. The Labute approximate surface area is 143 Å².